The number of thiazole rings is 1. The Bertz CT molecular complexity index is 586. The number of nitrogens with one attached hydrogen (secondary N) is 1. The lowest BCUT2D eigenvalue weighted by Crippen LogP contribution is -2.22. The van der Waals surface area contributed by atoms with E-state index in [0.717, 1.165) is 15.2 Å². The quantitative estimate of drug-likeness (QED) is 0.865. The first-order valence-corrected chi connectivity index (χ1v) is 7.29. The van der Waals surface area contributed by atoms with E-state index >= 15 is 0 Å². The van der Waals surface area contributed by atoms with Gasteiger partial charge in [-0.3, -0.25) is 0 Å². The van der Waals surface area contributed by atoms with Gasteiger partial charge in [-0.2, -0.15) is 0 Å². The molecule has 1 aromatic carbocycles. The maximum absolute atomic E-state index is 11.9. The van der Waals surface area contributed by atoms with E-state index in [2.05, 4.69) is 26.2 Å². The standard InChI is InChI=1S/C13H13BrN2O2S/c1-8-15-11(7-19-8)12(13(17)18-2)16-10-5-3-4-9(14)6-10/h3-7,12,16H,1-2H3. The van der Waals surface area contributed by atoms with Gasteiger partial charge in [0.2, 0.25) is 0 Å². The molecule has 2 rings (SSSR count). The molecule has 6 heteroatoms. The number of aromatic nitrogens is 1. The Hall–Kier alpha value is -1.40. The fourth-order valence-corrected chi connectivity index (χ4v) is 2.67. The van der Waals surface area contributed by atoms with Crippen molar-refractivity contribution in [1.29, 1.82) is 0 Å². The third-order valence-corrected chi connectivity index (χ3v) is 3.79. The summed E-state index contributed by atoms with van der Waals surface area (Å²) in [7, 11) is 1.37. The highest BCUT2D eigenvalue weighted by molar-refractivity contribution is 9.10. The van der Waals surface area contributed by atoms with Gasteiger partial charge in [-0.1, -0.05) is 22.0 Å². The Kier molecular flexibility index (Phi) is 4.55. The van der Waals surface area contributed by atoms with Crippen LogP contribution in [0.25, 0.3) is 0 Å². The molecule has 1 N–H and O–H groups in total. The van der Waals surface area contributed by atoms with E-state index in [-0.39, 0.29) is 5.97 Å². The van der Waals surface area contributed by atoms with Crippen LogP contribution in [0.3, 0.4) is 0 Å². The van der Waals surface area contributed by atoms with Crippen LogP contribution in [-0.4, -0.2) is 18.1 Å². The van der Waals surface area contributed by atoms with Crippen molar-refractivity contribution in [3.63, 3.8) is 0 Å². The number of rotatable bonds is 4. The van der Waals surface area contributed by atoms with Crippen molar-refractivity contribution < 1.29 is 9.53 Å². The first-order valence-electron chi connectivity index (χ1n) is 5.62. The predicted molar refractivity (Wildman–Crippen MR) is 79.4 cm³/mol. The summed E-state index contributed by atoms with van der Waals surface area (Å²) in [5.41, 5.74) is 1.50. The summed E-state index contributed by atoms with van der Waals surface area (Å²) < 4.78 is 5.77. The second-order valence-electron chi connectivity index (χ2n) is 3.90. The predicted octanol–water partition coefficient (Wildman–Crippen LogP) is 3.54. The molecule has 100 valence electrons. The molecule has 1 aromatic heterocycles. The van der Waals surface area contributed by atoms with Crippen molar-refractivity contribution in [3.05, 3.63) is 44.8 Å². The monoisotopic (exact) mass is 340 g/mol. The topological polar surface area (TPSA) is 51.2 Å². The minimum Gasteiger partial charge on any atom is -0.467 e. The van der Waals surface area contributed by atoms with Crippen molar-refractivity contribution in [1.82, 2.24) is 4.98 Å². The summed E-state index contributed by atoms with van der Waals surface area (Å²) in [6.07, 6.45) is 0. The normalized spacial score (nSPS) is 11.9. The molecule has 0 saturated heterocycles. The second-order valence-corrected chi connectivity index (χ2v) is 5.88. The van der Waals surface area contributed by atoms with Crippen LogP contribution in [0.2, 0.25) is 0 Å². The second kappa shape index (κ2) is 6.16. The molecule has 0 fully saturated rings. The van der Waals surface area contributed by atoms with Crippen molar-refractivity contribution in [2.24, 2.45) is 0 Å². The van der Waals surface area contributed by atoms with Crippen LogP contribution in [0.4, 0.5) is 5.69 Å². The fraction of sp³-hybridized carbons (Fsp3) is 0.231. The largest absolute Gasteiger partial charge is 0.467 e. The van der Waals surface area contributed by atoms with Crippen molar-refractivity contribution >= 4 is 38.9 Å². The van der Waals surface area contributed by atoms with Crippen molar-refractivity contribution in [3.8, 4) is 0 Å². The highest BCUT2D eigenvalue weighted by Gasteiger charge is 2.23. The zero-order chi connectivity index (χ0) is 13.8. The number of hydrogen-bond acceptors (Lipinski definition) is 5. The molecule has 0 radical (unpaired) electrons. The average Bonchev–Trinajstić information content (AvgIpc) is 2.81. The Balaban J connectivity index is 2.26. The highest BCUT2D eigenvalue weighted by atomic mass is 79.9. The van der Waals surface area contributed by atoms with Crippen LogP contribution in [-0.2, 0) is 9.53 Å². The SMILES string of the molecule is COC(=O)C(Nc1cccc(Br)c1)c1csc(C)n1. The number of carbonyl (C=O) groups excluding carboxylic acids is 1. The molecule has 0 bridgehead atoms. The Morgan fingerprint density at radius 3 is 2.89 bits per heavy atom. The van der Waals surface area contributed by atoms with E-state index in [1.165, 1.54) is 18.4 Å². The van der Waals surface area contributed by atoms with Gasteiger partial charge in [0.1, 0.15) is 0 Å². The zero-order valence-electron chi connectivity index (χ0n) is 10.5. The van der Waals surface area contributed by atoms with Crippen LogP contribution in [0.5, 0.6) is 0 Å². The number of carbonyl (C=O) groups is 1. The van der Waals surface area contributed by atoms with E-state index in [4.69, 9.17) is 4.74 Å². The number of aryl methyl sites for hydroxylation is 1. The van der Waals surface area contributed by atoms with Crippen LogP contribution in [0.15, 0.2) is 34.1 Å². The maximum Gasteiger partial charge on any atom is 0.334 e. The molecule has 2 aromatic rings. The molecule has 0 spiro atoms. The van der Waals surface area contributed by atoms with Crippen molar-refractivity contribution in [2.75, 3.05) is 12.4 Å². The summed E-state index contributed by atoms with van der Waals surface area (Å²) in [4.78, 5) is 16.2. The number of halogens is 1. The molecular weight excluding hydrogens is 328 g/mol. The number of nitrogens with zero attached hydrogens (tertiary/aromatic N) is 1. The molecular formula is C13H13BrN2O2S. The molecule has 0 aliphatic carbocycles. The lowest BCUT2D eigenvalue weighted by molar-refractivity contribution is -0.141. The minimum absolute atomic E-state index is 0.356. The molecule has 0 saturated carbocycles. The Morgan fingerprint density at radius 2 is 2.32 bits per heavy atom. The number of ether oxygens (including phenoxy) is 1. The number of esters is 1. The van der Waals surface area contributed by atoms with Gasteiger partial charge >= 0.3 is 5.97 Å². The Morgan fingerprint density at radius 1 is 1.53 bits per heavy atom. The van der Waals surface area contributed by atoms with Gasteiger partial charge in [-0.15, -0.1) is 11.3 Å². The number of hydrogen-bond donors (Lipinski definition) is 1. The first kappa shape index (κ1) is 14.0. The first-order chi connectivity index (χ1) is 9.10. The molecule has 1 heterocycles. The number of methoxy groups -OCH3 is 1. The summed E-state index contributed by atoms with van der Waals surface area (Å²) in [5.74, 6) is -0.356. The highest BCUT2D eigenvalue weighted by Crippen LogP contribution is 2.24. The van der Waals surface area contributed by atoms with Crippen LogP contribution in [0, 0.1) is 6.92 Å². The molecule has 19 heavy (non-hydrogen) atoms. The van der Waals surface area contributed by atoms with E-state index in [0.29, 0.717) is 5.69 Å². The van der Waals surface area contributed by atoms with Crippen LogP contribution >= 0.6 is 27.3 Å². The van der Waals surface area contributed by atoms with Crippen LogP contribution in [0.1, 0.15) is 16.7 Å². The maximum atomic E-state index is 11.9. The molecule has 4 nitrogen and oxygen atoms in total. The number of anilines is 1. The van der Waals surface area contributed by atoms with Gasteiger partial charge in [-0.25, -0.2) is 9.78 Å². The van der Waals surface area contributed by atoms with Gasteiger partial charge in [0, 0.05) is 15.5 Å². The smallest absolute Gasteiger partial charge is 0.334 e. The van der Waals surface area contributed by atoms with Gasteiger partial charge in [0.25, 0.3) is 0 Å². The van der Waals surface area contributed by atoms with Gasteiger partial charge in [0.15, 0.2) is 6.04 Å². The van der Waals surface area contributed by atoms with Crippen LogP contribution < -0.4 is 5.32 Å². The van der Waals surface area contributed by atoms with Crippen molar-refractivity contribution in [2.45, 2.75) is 13.0 Å². The summed E-state index contributed by atoms with van der Waals surface area (Å²) >= 11 is 4.90. The molecule has 0 amide bonds. The van der Waals surface area contributed by atoms with E-state index in [9.17, 15) is 4.79 Å². The Labute approximate surface area is 124 Å². The zero-order valence-corrected chi connectivity index (χ0v) is 12.9. The summed E-state index contributed by atoms with van der Waals surface area (Å²) in [6.45, 7) is 1.90. The van der Waals surface area contributed by atoms with E-state index in [1.807, 2.05) is 36.6 Å². The fourth-order valence-electron chi connectivity index (χ4n) is 1.63. The van der Waals surface area contributed by atoms with Gasteiger partial charge in [0.05, 0.1) is 17.8 Å². The number of benzene rings is 1. The molecule has 1 unspecified atom stereocenters. The van der Waals surface area contributed by atoms with Gasteiger partial charge < -0.3 is 10.1 Å². The molecule has 1 atom stereocenters. The average molecular weight is 341 g/mol. The molecule has 0 aliphatic heterocycles. The molecule has 0 aliphatic rings. The lowest BCUT2D eigenvalue weighted by atomic mass is 10.2. The lowest BCUT2D eigenvalue weighted by Gasteiger charge is -2.16. The summed E-state index contributed by atoms with van der Waals surface area (Å²) in [6, 6.07) is 7.01. The third-order valence-electron chi connectivity index (χ3n) is 2.51. The van der Waals surface area contributed by atoms with E-state index < -0.39 is 6.04 Å². The van der Waals surface area contributed by atoms with Gasteiger partial charge in [-0.05, 0) is 25.1 Å². The minimum atomic E-state index is -0.593. The third kappa shape index (κ3) is 3.54. The van der Waals surface area contributed by atoms with E-state index in [1.54, 1.807) is 0 Å². The summed E-state index contributed by atoms with van der Waals surface area (Å²) in [5, 5.41) is 5.92.